The van der Waals surface area contributed by atoms with E-state index in [1.165, 1.54) is 12.1 Å². The van der Waals surface area contributed by atoms with E-state index >= 15 is 0 Å². The van der Waals surface area contributed by atoms with Gasteiger partial charge in [-0.3, -0.25) is 9.97 Å². The second-order valence-corrected chi connectivity index (χ2v) is 4.76. The van der Waals surface area contributed by atoms with Crippen molar-refractivity contribution < 1.29 is 9.90 Å². The number of rotatable bonds is 4. The van der Waals surface area contributed by atoms with Crippen molar-refractivity contribution in [2.75, 3.05) is 5.32 Å². The molecule has 2 heterocycles. The van der Waals surface area contributed by atoms with Crippen molar-refractivity contribution in [3.63, 3.8) is 0 Å². The van der Waals surface area contributed by atoms with Crippen LogP contribution >= 0.6 is 0 Å². The smallest absolute Gasteiger partial charge is 0.335 e. The van der Waals surface area contributed by atoms with Crippen LogP contribution in [0.3, 0.4) is 0 Å². The molecule has 1 aromatic carbocycles. The predicted octanol–water partition coefficient (Wildman–Crippen LogP) is 2.68. The van der Waals surface area contributed by atoms with Crippen LogP contribution in [0.2, 0.25) is 0 Å². The van der Waals surface area contributed by atoms with Gasteiger partial charge in [-0.2, -0.15) is 0 Å². The third-order valence-electron chi connectivity index (χ3n) is 3.17. The van der Waals surface area contributed by atoms with E-state index in [0.717, 1.165) is 5.69 Å². The zero-order valence-corrected chi connectivity index (χ0v) is 12.3. The molecule has 0 saturated carbocycles. The molecular formula is C16H13N5O2. The first kappa shape index (κ1) is 14.6. The largest absolute Gasteiger partial charge is 0.478 e. The third kappa shape index (κ3) is 3.29. The van der Waals surface area contributed by atoms with Gasteiger partial charge in [0.25, 0.3) is 0 Å². The Hall–Kier alpha value is -3.35. The van der Waals surface area contributed by atoms with Crippen LogP contribution in [0.5, 0.6) is 0 Å². The number of nitrogens with zero attached hydrogens (tertiary/aromatic N) is 4. The van der Waals surface area contributed by atoms with Crippen LogP contribution in [0.15, 0.2) is 48.9 Å². The topological polar surface area (TPSA) is 101 Å². The Morgan fingerprint density at radius 3 is 2.43 bits per heavy atom. The summed E-state index contributed by atoms with van der Waals surface area (Å²) in [5.74, 6) is -0.566. The molecule has 0 aliphatic heterocycles. The van der Waals surface area contributed by atoms with Gasteiger partial charge in [0.2, 0.25) is 5.95 Å². The fourth-order valence-corrected chi connectivity index (χ4v) is 2.04. The zero-order chi connectivity index (χ0) is 16.2. The maximum atomic E-state index is 10.8. The van der Waals surface area contributed by atoms with Crippen molar-refractivity contribution in [2.45, 2.75) is 6.92 Å². The highest BCUT2D eigenvalue weighted by molar-refractivity contribution is 5.88. The first-order chi connectivity index (χ1) is 11.1. The fourth-order valence-electron chi connectivity index (χ4n) is 2.04. The molecule has 0 aliphatic rings. The predicted molar refractivity (Wildman–Crippen MR) is 84.5 cm³/mol. The average Bonchev–Trinajstić information content (AvgIpc) is 2.56. The first-order valence-electron chi connectivity index (χ1n) is 6.85. The maximum Gasteiger partial charge on any atom is 0.335 e. The second kappa shape index (κ2) is 6.18. The van der Waals surface area contributed by atoms with E-state index in [-0.39, 0.29) is 5.56 Å². The van der Waals surface area contributed by atoms with Crippen molar-refractivity contribution in [1.29, 1.82) is 0 Å². The number of nitrogens with one attached hydrogen (secondary N) is 1. The summed E-state index contributed by atoms with van der Waals surface area (Å²) in [6, 6.07) is 8.11. The molecule has 0 radical (unpaired) electrons. The lowest BCUT2D eigenvalue weighted by molar-refractivity contribution is 0.0697. The van der Waals surface area contributed by atoms with E-state index in [4.69, 9.17) is 5.11 Å². The molecule has 3 aromatic rings. The van der Waals surface area contributed by atoms with Gasteiger partial charge < -0.3 is 10.4 Å². The van der Waals surface area contributed by atoms with Crippen LogP contribution in [-0.4, -0.2) is 31.0 Å². The molecule has 0 aliphatic carbocycles. The maximum absolute atomic E-state index is 10.8. The molecule has 2 N–H and O–H groups in total. The summed E-state index contributed by atoms with van der Waals surface area (Å²) < 4.78 is 0. The number of hydrogen-bond donors (Lipinski definition) is 2. The van der Waals surface area contributed by atoms with E-state index in [1.807, 2.05) is 6.92 Å². The van der Waals surface area contributed by atoms with E-state index in [9.17, 15) is 4.79 Å². The van der Waals surface area contributed by atoms with Crippen LogP contribution in [0.4, 0.5) is 11.6 Å². The lowest BCUT2D eigenvalue weighted by Crippen LogP contribution is -2.01. The Morgan fingerprint density at radius 1 is 1.00 bits per heavy atom. The van der Waals surface area contributed by atoms with Gasteiger partial charge in [-0.25, -0.2) is 14.8 Å². The molecule has 0 bridgehead atoms. The van der Waals surface area contributed by atoms with Gasteiger partial charge in [0.1, 0.15) is 5.69 Å². The van der Waals surface area contributed by atoms with Gasteiger partial charge in [-0.1, -0.05) is 0 Å². The van der Waals surface area contributed by atoms with Crippen molar-refractivity contribution in [3.05, 3.63) is 60.2 Å². The molecule has 0 amide bonds. The number of hydrogen-bond acceptors (Lipinski definition) is 6. The van der Waals surface area contributed by atoms with E-state index in [2.05, 4.69) is 25.3 Å². The van der Waals surface area contributed by atoms with Crippen molar-refractivity contribution in [3.8, 4) is 11.4 Å². The Kier molecular flexibility index (Phi) is 3.92. The van der Waals surface area contributed by atoms with Gasteiger partial charge in [0, 0.05) is 24.3 Å². The van der Waals surface area contributed by atoms with Crippen LogP contribution in [0.25, 0.3) is 11.4 Å². The molecule has 3 rings (SSSR count). The Labute approximate surface area is 132 Å². The highest BCUT2D eigenvalue weighted by Crippen LogP contribution is 2.19. The van der Waals surface area contributed by atoms with Crippen LogP contribution in [0, 0.1) is 6.92 Å². The van der Waals surface area contributed by atoms with Gasteiger partial charge in [0.05, 0.1) is 17.0 Å². The van der Waals surface area contributed by atoms with Gasteiger partial charge in [-0.05, 0) is 37.3 Å². The van der Waals surface area contributed by atoms with Crippen molar-refractivity contribution >= 4 is 17.6 Å². The molecule has 0 spiro atoms. The Morgan fingerprint density at radius 2 is 1.74 bits per heavy atom. The van der Waals surface area contributed by atoms with Crippen LogP contribution in [-0.2, 0) is 0 Å². The number of carbonyl (C=O) groups is 1. The molecule has 23 heavy (non-hydrogen) atoms. The standard InChI is InChI=1S/C16H13N5O2/c1-10-14(18-9-8-17-10)13-6-7-19-16(21-13)20-12-4-2-11(3-5-12)15(22)23/h2-9H,1H3,(H,22,23)(H,19,20,21). The molecule has 7 nitrogen and oxygen atoms in total. The summed E-state index contributed by atoms with van der Waals surface area (Å²) in [6.45, 7) is 1.86. The number of anilines is 2. The molecule has 0 fully saturated rings. The molecule has 0 saturated heterocycles. The normalized spacial score (nSPS) is 10.3. The summed E-state index contributed by atoms with van der Waals surface area (Å²) in [5, 5.41) is 11.9. The number of carboxylic acid groups (broad SMARTS) is 1. The van der Waals surface area contributed by atoms with Crippen LogP contribution in [0.1, 0.15) is 16.1 Å². The molecule has 7 heteroatoms. The minimum Gasteiger partial charge on any atom is -0.478 e. The zero-order valence-electron chi connectivity index (χ0n) is 12.3. The molecule has 0 unspecified atom stereocenters. The first-order valence-corrected chi connectivity index (χ1v) is 6.85. The Balaban J connectivity index is 1.86. The van der Waals surface area contributed by atoms with Gasteiger partial charge in [-0.15, -0.1) is 0 Å². The lowest BCUT2D eigenvalue weighted by atomic mass is 10.2. The summed E-state index contributed by atoms with van der Waals surface area (Å²) in [4.78, 5) is 27.9. The minimum atomic E-state index is -0.965. The van der Waals surface area contributed by atoms with Gasteiger partial charge in [0.15, 0.2) is 0 Å². The van der Waals surface area contributed by atoms with E-state index in [0.29, 0.717) is 23.0 Å². The highest BCUT2D eigenvalue weighted by atomic mass is 16.4. The second-order valence-electron chi connectivity index (χ2n) is 4.76. The number of aromatic nitrogens is 4. The highest BCUT2D eigenvalue weighted by Gasteiger charge is 2.08. The fraction of sp³-hybridized carbons (Fsp3) is 0.0625. The molecular weight excluding hydrogens is 294 g/mol. The number of aryl methyl sites for hydroxylation is 1. The number of carboxylic acids is 1. The van der Waals surface area contributed by atoms with Crippen molar-refractivity contribution in [2.24, 2.45) is 0 Å². The monoisotopic (exact) mass is 307 g/mol. The van der Waals surface area contributed by atoms with Gasteiger partial charge >= 0.3 is 5.97 Å². The molecule has 0 atom stereocenters. The van der Waals surface area contributed by atoms with E-state index in [1.54, 1.807) is 36.8 Å². The number of aromatic carboxylic acids is 1. The quantitative estimate of drug-likeness (QED) is 0.764. The molecule has 2 aromatic heterocycles. The third-order valence-corrected chi connectivity index (χ3v) is 3.17. The summed E-state index contributed by atoms with van der Waals surface area (Å²) in [7, 11) is 0. The SMILES string of the molecule is Cc1nccnc1-c1ccnc(Nc2ccc(C(=O)O)cc2)n1. The lowest BCUT2D eigenvalue weighted by Gasteiger charge is -2.07. The summed E-state index contributed by atoms with van der Waals surface area (Å²) in [5.41, 5.74) is 3.06. The van der Waals surface area contributed by atoms with Crippen molar-refractivity contribution in [1.82, 2.24) is 19.9 Å². The average molecular weight is 307 g/mol. The van der Waals surface area contributed by atoms with E-state index < -0.39 is 5.97 Å². The number of benzene rings is 1. The Bertz CT molecular complexity index is 849. The van der Waals surface area contributed by atoms with Crippen LogP contribution < -0.4 is 5.32 Å². The molecule has 114 valence electrons. The summed E-state index contributed by atoms with van der Waals surface area (Å²) >= 11 is 0. The summed E-state index contributed by atoms with van der Waals surface area (Å²) in [6.07, 6.45) is 4.87. The minimum absolute atomic E-state index is 0.223.